The number of hydrogen-bond donors (Lipinski definition) is 2. The minimum Gasteiger partial charge on any atom is -0.478 e. The summed E-state index contributed by atoms with van der Waals surface area (Å²) in [5.41, 5.74) is 1.05. The van der Waals surface area contributed by atoms with Gasteiger partial charge in [-0.1, -0.05) is 29.5 Å². The molecule has 2 N–H and O–H groups in total. The number of benzene rings is 2. The van der Waals surface area contributed by atoms with E-state index in [1.54, 1.807) is 21.4 Å². The van der Waals surface area contributed by atoms with Crippen LogP contribution in [0.5, 0.6) is 0 Å². The van der Waals surface area contributed by atoms with Crippen LogP contribution in [-0.4, -0.2) is 101 Å². The lowest BCUT2D eigenvalue weighted by Crippen LogP contribution is -2.53. The number of methoxy groups -OCH3 is 1. The van der Waals surface area contributed by atoms with E-state index in [0.717, 1.165) is 6.07 Å². The minimum atomic E-state index is -1.24. The lowest BCUT2D eigenvalue weighted by Gasteiger charge is -2.38. The highest BCUT2D eigenvalue weighted by atomic mass is 35.5. The second-order valence-electron chi connectivity index (χ2n) is 10.9. The van der Waals surface area contributed by atoms with Gasteiger partial charge in [0.25, 0.3) is 0 Å². The van der Waals surface area contributed by atoms with Gasteiger partial charge in [0.2, 0.25) is 0 Å². The molecule has 47 heavy (non-hydrogen) atoms. The van der Waals surface area contributed by atoms with Gasteiger partial charge in [-0.3, -0.25) is 9.89 Å². The number of amides is 2. The highest BCUT2D eigenvalue weighted by Gasteiger charge is 2.41. The van der Waals surface area contributed by atoms with Crippen molar-refractivity contribution in [3.8, 4) is 11.8 Å². The van der Waals surface area contributed by atoms with Crippen LogP contribution >= 0.6 is 22.9 Å². The maximum atomic E-state index is 14.3. The predicted molar refractivity (Wildman–Crippen MR) is 169 cm³/mol. The van der Waals surface area contributed by atoms with Gasteiger partial charge in [0, 0.05) is 60.6 Å². The van der Waals surface area contributed by atoms with Crippen molar-refractivity contribution < 1.29 is 33.0 Å². The molecule has 2 amide bonds. The summed E-state index contributed by atoms with van der Waals surface area (Å²) in [5.74, 6) is 2.82. The first-order chi connectivity index (χ1) is 22.6. The molecule has 2 fully saturated rings. The summed E-state index contributed by atoms with van der Waals surface area (Å²) in [6.07, 6.45) is 1.64. The Morgan fingerprint density at radius 2 is 2.02 bits per heavy atom. The van der Waals surface area contributed by atoms with Crippen molar-refractivity contribution in [3.05, 3.63) is 97.6 Å². The molecule has 0 bridgehead atoms. The summed E-state index contributed by atoms with van der Waals surface area (Å²) in [4.78, 5) is 52.1. The van der Waals surface area contributed by atoms with Crippen molar-refractivity contribution in [1.29, 1.82) is 0 Å². The Balaban J connectivity index is 1.21. The molecule has 2 unspecified atom stereocenters. The second-order valence-corrected chi connectivity index (χ2v) is 12.2. The van der Waals surface area contributed by atoms with Crippen molar-refractivity contribution in [2.24, 2.45) is 4.99 Å². The number of piperazine rings is 1. The van der Waals surface area contributed by atoms with Crippen LogP contribution in [0.25, 0.3) is 0 Å². The van der Waals surface area contributed by atoms with Gasteiger partial charge in [-0.15, -0.1) is 11.3 Å². The van der Waals surface area contributed by atoms with Crippen LogP contribution in [-0.2, 0) is 9.53 Å². The number of nitrogens with one attached hydrogen (secondary N) is 1. The number of carboxylic acids is 1. The normalized spacial score (nSPS) is 19.5. The smallest absolute Gasteiger partial charge is 0.338 e. The average molecular weight is 681 g/mol. The van der Waals surface area contributed by atoms with Crippen molar-refractivity contribution in [2.75, 3.05) is 46.4 Å². The second kappa shape index (κ2) is 13.5. The molecule has 3 aliphatic rings. The molecule has 2 saturated heterocycles. The topological polar surface area (TPSA) is 128 Å². The van der Waals surface area contributed by atoms with Crippen molar-refractivity contribution in [2.45, 2.75) is 12.1 Å². The average Bonchev–Trinajstić information content (AvgIpc) is 3.69. The van der Waals surface area contributed by atoms with Crippen LogP contribution in [0.3, 0.4) is 0 Å². The molecule has 0 saturated carbocycles. The molecule has 1 aromatic heterocycles. The van der Waals surface area contributed by atoms with Crippen LogP contribution < -0.4 is 5.32 Å². The number of ether oxygens (including phenoxy) is 1. The summed E-state index contributed by atoms with van der Waals surface area (Å²) < 4.78 is 33.4. The molecule has 0 spiro atoms. The number of urea groups is 1. The van der Waals surface area contributed by atoms with E-state index >= 15 is 0 Å². The molecule has 4 heterocycles. The Kier molecular flexibility index (Phi) is 9.21. The fourth-order valence-corrected chi connectivity index (χ4v) is 6.65. The molecule has 3 aromatic rings. The zero-order chi connectivity index (χ0) is 33.2. The highest BCUT2D eigenvalue weighted by Crippen LogP contribution is 2.37. The van der Waals surface area contributed by atoms with E-state index in [-0.39, 0.29) is 46.9 Å². The lowest BCUT2D eigenvalue weighted by atomic mass is 9.95. The van der Waals surface area contributed by atoms with E-state index in [4.69, 9.17) is 26.4 Å². The van der Waals surface area contributed by atoms with E-state index in [2.05, 4.69) is 27.0 Å². The standard InChI is InChI=1S/C32H27ClF2N6O5S/c1-46-31(44)26-25(37-28(29-36-8-12-47-29)38-27(26)22-7-6-20(34)14-23(22)33)17-39-10-11-41-21(15-39)16-40(32(41)45)9-2-3-18-4-5-19(30(42)43)13-24(18)35/h4-8,12-14,21,27H,9-11,15-17H2,1H3,(H,37,38)(H,42,43). The van der Waals surface area contributed by atoms with Crippen molar-refractivity contribution >= 4 is 46.7 Å². The molecule has 0 aliphatic carbocycles. The number of carboxylic acid groups (broad SMARTS) is 1. The molecule has 2 atom stereocenters. The summed E-state index contributed by atoms with van der Waals surface area (Å²) >= 11 is 7.82. The van der Waals surface area contributed by atoms with Crippen molar-refractivity contribution in [3.63, 3.8) is 0 Å². The minimum absolute atomic E-state index is 0.0427. The number of esters is 1. The number of thiazole rings is 1. The van der Waals surface area contributed by atoms with Gasteiger partial charge in [0.1, 0.15) is 17.7 Å². The Bertz CT molecular complexity index is 1870. The Labute approximate surface area is 277 Å². The number of fused-ring (bicyclic) bond motifs is 1. The third-order valence-corrected chi connectivity index (χ3v) is 9.14. The number of rotatable bonds is 7. The molecule has 2 aromatic carbocycles. The summed E-state index contributed by atoms with van der Waals surface area (Å²) in [5, 5.41) is 14.8. The van der Waals surface area contributed by atoms with Crippen LogP contribution in [0.15, 0.2) is 64.2 Å². The number of aromatic nitrogens is 1. The maximum Gasteiger partial charge on any atom is 0.338 e. The molecule has 11 nitrogen and oxygen atoms in total. The number of amidine groups is 1. The number of hydrogen-bond acceptors (Lipinski definition) is 9. The van der Waals surface area contributed by atoms with Crippen LogP contribution in [0.2, 0.25) is 5.02 Å². The largest absolute Gasteiger partial charge is 0.478 e. The van der Waals surface area contributed by atoms with E-state index in [1.807, 2.05) is 0 Å². The monoisotopic (exact) mass is 680 g/mol. The summed E-state index contributed by atoms with van der Waals surface area (Å²) in [6.45, 7) is 2.17. The van der Waals surface area contributed by atoms with Gasteiger partial charge < -0.3 is 25.0 Å². The summed E-state index contributed by atoms with van der Waals surface area (Å²) in [7, 11) is 1.27. The molecule has 3 aliphatic heterocycles. The number of carbonyl (C=O) groups excluding carboxylic acids is 2. The molecule has 15 heteroatoms. The first kappa shape index (κ1) is 32.1. The number of aliphatic imine (C=N–C) groups is 1. The Morgan fingerprint density at radius 3 is 2.72 bits per heavy atom. The third kappa shape index (κ3) is 6.69. The van der Waals surface area contributed by atoms with E-state index < -0.39 is 29.6 Å². The zero-order valence-electron chi connectivity index (χ0n) is 24.9. The third-order valence-electron chi connectivity index (χ3n) is 8.03. The van der Waals surface area contributed by atoms with E-state index in [0.29, 0.717) is 48.3 Å². The highest BCUT2D eigenvalue weighted by molar-refractivity contribution is 7.11. The summed E-state index contributed by atoms with van der Waals surface area (Å²) in [6, 6.07) is 6.18. The Hall–Kier alpha value is -4.84. The van der Waals surface area contributed by atoms with Crippen molar-refractivity contribution in [1.82, 2.24) is 25.0 Å². The zero-order valence-corrected chi connectivity index (χ0v) is 26.4. The molecular weight excluding hydrogens is 654 g/mol. The number of halogens is 3. The number of aromatic carboxylic acids is 1. The van der Waals surface area contributed by atoms with Gasteiger partial charge in [0.15, 0.2) is 10.8 Å². The number of nitrogens with zero attached hydrogens (tertiary/aromatic N) is 5. The Morgan fingerprint density at radius 1 is 1.19 bits per heavy atom. The van der Waals surface area contributed by atoms with Crippen LogP contribution in [0.4, 0.5) is 13.6 Å². The van der Waals surface area contributed by atoms with Gasteiger partial charge in [-0.05, 0) is 30.3 Å². The molecular formula is C32H27ClF2N6O5S. The molecule has 0 radical (unpaired) electrons. The van der Waals surface area contributed by atoms with Gasteiger partial charge in [-0.2, -0.15) is 0 Å². The van der Waals surface area contributed by atoms with Gasteiger partial charge in [-0.25, -0.2) is 28.1 Å². The van der Waals surface area contributed by atoms with Crippen LogP contribution in [0.1, 0.15) is 32.5 Å². The first-order valence-corrected chi connectivity index (χ1v) is 15.7. The van der Waals surface area contributed by atoms with Gasteiger partial charge >= 0.3 is 18.0 Å². The lowest BCUT2D eigenvalue weighted by molar-refractivity contribution is -0.136. The fraction of sp³-hybridized carbons (Fsp3) is 0.281. The predicted octanol–water partition coefficient (Wildman–Crippen LogP) is 3.76. The van der Waals surface area contributed by atoms with Crippen LogP contribution in [0, 0.1) is 23.5 Å². The number of carbonyl (C=O) groups is 3. The quantitative estimate of drug-likeness (QED) is 0.285. The fourth-order valence-electron chi connectivity index (χ4n) is 5.79. The first-order valence-electron chi connectivity index (χ1n) is 14.4. The van der Waals surface area contributed by atoms with E-state index in [1.165, 1.54) is 48.8 Å². The maximum absolute atomic E-state index is 14.3. The molecule has 6 rings (SSSR count). The SMILES string of the molecule is COC(=O)C1=C(CN2CCN3C(=O)N(CC#Cc4ccc(C(=O)O)cc4F)CC3C2)NC(c2nccs2)=NC1c1ccc(F)cc1Cl. The van der Waals surface area contributed by atoms with Gasteiger partial charge in [0.05, 0.1) is 36.4 Å². The van der Waals surface area contributed by atoms with E-state index in [9.17, 15) is 23.2 Å². The molecule has 242 valence electrons.